The second-order valence-corrected chi connectivity index (χ2v) is 3.63. The number of furan rings is 1. The molecule has 0 aliphatic carbocycles. The number of hydrogen-bond donors (Lipinski definition) is 0. The molecule has 0 fully saturated rings. The van der Waals surface area contributed by atoms with Crippen molar-refractivity contribution in [2.45, 2.75) is 13.3 Å². The van der Waals surface area contributed by atoms with E-state index in [0.29, 0.717) is 5.88 Å². The van der Waals surface area contributed by atoms with Crippen molar-refractivity contribution in [3.05, 3.63) is 23.7 Å². The predicted molar refractivity (Wildman–Crippen MR) is 55.4 cm³/mol. The first-order valence-corrected chi connectivity index (χ1v) is 5.05. The van der Waals surface area contributed by atoms with Crippen molar-refractivity contribution in [3.8, 4) is 0 Å². The maximum atomic E-state index is 5.62. The van der Waals surface area contributed by atoms with E-state index in [1.165, 1.54) is 0 Å². The molecule has 0 saturated carbocycles. The Kier molecular flexibility index (Phi) is 4.33. The second-order valence-electron chi connectivity index (χ2n) is 3.25. The molecule has 0 atom stereocenters. The Morgan fingerprint density at radius 2 is 2.15 bits per heavy atom. The normalized spacial score (nSPS) is 11.1. The monoisotopic (exact) mass is 201 g/mol. The number of aryl methyl sites for hydroxylation is 1. The van der Waals surface area contributed by atoms with Crippen molar-refractivity contribution in [1.29, 1.82) is 0 Å². The van der Waals surface area contributed by atoms with Crippen LogP contribution in [-0.4, -0.2) is 30.9 Å². The molecule has 1 aromatic heterocycles. The van der Waals surface area contributed by atoms with Gasteiger partial charge in [-0.15, -0.1) is 11.6 Å². The summed E-state index contributed by atoms with van der Waals surface area (Å²) in [5, 5.41) is 0. The van der Waals surface area contributed by atoms with Gasteiger partial charge in [0.2, 0.25) is 0 Å². The van der Waals surface area contributed by atoms with Gasteiger partial charge in [0.15, 0.2) is 0 Å². The zero-order valence-corrected chi connectivity index (χ0v) is 8.97. The molecule has 0 saturated heterocycles. The molecule has 74 valence electrons. The lowest BCUT2D eigenvalue weighted by Crippen LogP contribution is -2.23. The standard InChI is InChI=1S/C10H16ClNO/c1-9-3-4-10(13-9)5-7-12(2)8-6-11/h3-4H,5-8H2,1-2H3. The highest BCUT2D eigenvalue weighted by Crippen LogP contribution is 2.07. The van der Waals surface area contributed by atoms with Crippen molar-refractivity contribution in [1.82, 2.24) is 4.90 Å². The minimum absolute atomic E-state index is 0.688. The molecule has 1 aromatic rings. The molecule has 1 rings (SSSR count). The van der Waals surface area contributed by atoms with Crippen molar-refractivity contribution >= 4 is 11.6 Å². The Bertz CT molecular complexity index is 247. The van der Waals surface area contributed by atoms with Crippen LogP contribution in [0.1, 0.15) is 11.5 Å². The fourth-order valence-electron chi connectivity index (χ4n) is 1.18. The fraction of sp³-hybridized carbons (Fsp3) is 0.600. The van der Waals surface area contributed by atoms with Gasteiger partial charge in [0.25, 0.3) is 0 Å². The summed E-state index contributed by atoms with van der Waals surface area (Å²) in [7, 11) is 2.07. The smallest absolute Gasteiger partial charge is 0.105 e. The third kappa shape index (κ3) is 3.83. The second kappa shape index (κ2) is 5.30. The van der Waals surface area contributed by atoms with E-state index in [1.54, 1.807) is 0 Å². The number of likely N-dealkylation sites (N-methyl/N-ethyl adjacent to an activating group) is 1. The lowest BCUT2D eigenvalue weighted by molar-refractivity contribution is 0.343. The molecule has 0 amide bonds. The average Bonchev–Trinajstić information content (AvgIpc) is 2.49. The Hall–Kier alpha value is -0.470. The van der Waals surface area contributed by atoms with Crippen LogP contribution in [0.15, 0.2) is 16.5 Å². The Labute approximate surface area is 84.5 Å². The summed E-state index contributed by atoms with van der Waals surface area (Å²) in [6.45, 7) is 3.90. The van der Waals surface area contributed by atoms with Gasteiger partial charge >= 0.3 is 0 Å². The SMILES string of the molecule is Cc1ccc(CCN(C)CCCl)o1. The van der Waals surface area contributed by atoms with Crippen LogP contribution in [0, 0.1) is 6.92 Å². The lowest BCUT2D eigenvalue weighted by Gasteiger charge is -2.13. The molecule has 0 unspecified atom stereocenters. The van der Waals surface area contributed by atoms with Gasteiger partial charge in [0, 0.05) is 25.4 Å². The third-order valence-electron chi connectivity index (χ3n) is 2.00. The summed E-state index contributed by atoms with van der Waals surface area (Å²) in [6, 6.07) is 4.03. The molecule has 2 nitrogen and oxygen atoms in total. The minimum atomic E-state index is 0.688. The fourth-order valence-corrected chi connectivity index (χ4v) is 1.47. The largest absolute Gasteiger partial charge is 0.466 e. The van der Waals surface area contributed by atoms with E-state index >= 15 is 0 Å². The van der Waals surface area contributed by atoms with Crippen LogP contribution in [0.25, 0.3) is 0 Å². The van der Waals surface area contributed by atoms with Gasteiger partial charge in [0.1, 0.15) is 11.5 Å². The Morgan fingerprint density at radius 1 is 1.38 bits per heavy atom. The lowest BCUT2D eigenvalue weighted by atomic mass is 10.3. The molecule has 0 aliphatic rings. The highest BCUT2D eigenvalue weighted by atomic mass is 35.5. The van der Waals surface area contributed by atoms with Crippen LogP contribution in [0.3, 0.4) is 0 Å². The minimum Gasteiger partial charge on any atom is -0.466 e. The number of rotatable bonds is 5. The van der Waals surface area contributed by atoms with Gasteiger partial charge in [-0.1, -0.05) is 0 Å². The van der Waals surface area contributed by atoms with E-state index in [4.69, 9.17) is 16.0 Å². The van der Waals surface area contributed by atoms with Crippen LogP contribution in [0.5, 0.6) is 0 Å². The summed E-state index contributed by atoms with van der Waals surface area (Å²) in [6.07, 6.45) is 0.960. The van der Waals surface area contributed by atoms with Crippen molar-refractivity contribution in [2.24, 2.45) is 0 Å². The number of halogens is 1. The van der Waals surface area contributed by atoms with E-state index in [2.05, 4.69) is 11.9 Å². The van der Waals surface area contributed by atoms with Gasteiger partial charge in [-0.3, -0.25) is 0 Å². The van der Waals surface area contributed by atoms with Gasteiger partial charge < -0.3 is 9.32 Å². The first-order valence-electron chi connectivity index (χ1n) is 4.52. The van der Waals surface area contributed by atoms with Crippen LogP contribution in [-0.2, 0) is 6.42 Å². The topological polar surface area (TPSA) is 16.4 Å². The van der Waals surface area contributed by atoms with E-state index in [-0.39, 0.29) is 0 Å². The Morgan fingerprint density at radius 3 is 2.69 bits per heavy atom. The third-order valence-corrected chi connectivity index (χ3v) is 2.17. The molecule has 0 aromatic carbocycles. The van der Waals surface area contributed by atoms with Gasteiger partial charge in [-0.2, -0.15) is 0 Å². The molecule has 0 aliphatic heterocycles. The summed E-state index contributed by atoms with van der Waals surface area (Å²) in [5.41, 5.74) is 0. The van der Waals surface area contributed by atoms with E-state index in [1.807, 2.05) is 19.1 Å². The maximum absolute atomic E-state index is 5.62. The zero-order chi connectivity index (χ0) is 9.68. The quantitative estimate of drug-likeness (QED) is 0.680. The molecule has 13 heavy (non-hydrogen) atoms. The molecule has 0 bridgehead atoms. The molecular weight excluding hydrogens is 186 g/mol. The van der Waals surface area contributed by atoms with Crippen molar-refractivity contribution in [2.75, 3.05) is 26.0 Å². The molecular formula is C10H16ClNO. The predicted octanol–water partition coefficient (Wildman–Crippen LogP) is 2.30. The molecule has 3 heteroatoms. The molecule has 0 N–H and O–H groups in total. The summed E-state index contributed by atoms with van der Waals surface area (Å²) >= 11 is 5.62. The van der Waals surface area contributed by atoms with Crippen LogP contribution in [0.4, 0.5) is 0 Å². The van der Waals surface area contributed by atoms with E-state index in [9.17, 15) is 0 Å². The van der Waals surface area contributed by atoms with Crippen molar-refractivity contribution < 1.29 is 4.42 Å². The summed E-state index contributed by atoms with van der Waals surface area (Å²) < 4.78 is 5.45. The highest BCUT2D eigenvalue weighted by molar-refractivity contribution is 6.18. The first-order chi connectivity index (χ1) is 6.22. The zero-order valence-electron chi connectivity index (χ0n) is 8.22. The van der Waals surface area contributed by atoms with Crippen LogP contribution < -0.4 is 0 Å². The number of alkyl halides is 1. The van der Waals surface area contributed by atoms with Gasteiger partial charge in [-0.05, 0) is 26.1 Å². The van der Waals surface area contributed by atoms with E-state index in [0.717, 1.165) is 31.0 Å². The number of nitrogens with zero attached hydrogens (tertiary/aromatic N) is 1. The molecule has 0 spiro atoms. The number of hydrogen-bond acceptors (Lipinski definition) is 2. The average molecular weight is 202 g/mol. The van der Waals surface area contributed by atoms with Gasteiger partial charge in [-0.25, -0.2) is 0 Å². The maximum Gasteiger partial charge on any atom is 0.105 e. The molecule has 1 heterocycles. The Balaban J connectivity index is 2.26. The van der Waals surface area contributed by atoms with Crippen molar-refractivity contribution in [3.63, 3.8) is 0 Å². The van der Waals surface area contributed by atoms with Gasteiger partial charge in [0.05, 0.1) is 0 Å². The van der Waals surface area contributed by atoms with E-state index < -0.39 is 0 Å². The summed E-state index contributed by atoms with van der Waals surface area (Å²) in [5.74, 6) is 2.72. The molecule has 0 radical (unpaired) electrons. The highest BCUT2D eigenvalue weighted by Gasteiger charge is 2.01. The van der Waals surface area contributed by atoms with Crippen LogP contribution >= 0.6 is 11.6 Å². The van der Waals surface area contributed by atoms with Crippen LogP contribution in [0.2, 0.25) is 0 Å². The first kappa shape index (κ1) is 10.6. The summed E-state index contributed by atoms with van der Waals surface area (Å²) in [4.78, 5) is 2.20.